The van der Waals surface area contributed by atoms with Crippen molar-refractivity contribution in [2.45, 2.75) is 18.2 Å². The van der Waals surface area contributed by atoms with Crippen molar-refractivity contribution in [2.75, 3.05) is 19.7 Å². The molecule has 0 bridgehead atoms. The van der Waals surface area contributed by atoms with Crippen LogP contribution in [0.25, 0.3) is 0 Å². The van der Waals surface area contributed by atoms with Gasteiger partial charge in [-0.15, -0.1) is 0 Å². The van der Waals surface area contributed by atoms with Gasteiger partial charge in [0.05, 0.1) is 13.0 Å². The average molecular weight is 333 g/mol. The number of rotatable bonds is 8. The third-order valence-corrected chi connectivity index (χ3v) is 2.94. The standard InChI is InChI=1S/C14H18Cl2N2O3/c1-2-21-11-5-3-10(4-6-11)9-12(19)17-7-8-18-14(20)13(15)16/h3-6,13H,2,7-9H2,1H3,(H,17,19)(H,18,20). The summed E-state index contributed by atoms with van der Waals surface area (Å²) in [5.41, 5.74) is 0.890. The lowest BCUT2D eigenvalue weighted by Crippen LogP contribution is -2.37. The molecule has 0 radical (unpaired) electrons. The number of carbonyl (C=O) groups is 2. The van der Waals surface area contributed by atoms with Gasteiger partial charge in [0.1, 0.15) is 5.75 Å². The quantitative estimate of drug-likeness (QED) is 0.562. The number of ether oxygens (including phenoxy) is 1. The van der Waals surface area contributed by atoms with E-state index in [1.165, 1.54) is 0 Å². The minimum atomic E-state index is -1.09. The van der Waals surface area contributed by atoms with Crippen molar-refractivity contribution in [1.29, 1.82) is 0 Å². The van der Waals surface area contributed by atoms with Crippen molar-refractivity contribution in [3.63, 3.8) is 0 Å². The fraction of sp³-hybridized carbons (Fsp3) is 0.429. The first-order valence-electron chi connectivity index (χ1n) is 6.57. The van der Waals surface area contributed by atoms with Gasteiger partial charge in [0.25, 0.3) is 5.91 Å². The lowest BCUT2D eigenvalue weighted by atomic mass is 10.1. The molecule has 7 heteroatoms. The Balaban J connectivity index is 2.25. The molecular weight excluding hydrogens is 315 g/mol. The van der Waals surface area contributed by atoms with Gasteiger partial charge in [0.15, 0.2) is 4.84 Å². The van der Waals surface area contributed by atoms with E-state index in [2.05, 4.69) is 10.6 Å². The maximum absolute atomic E-state index is 11.7. The van der Waals surface area contributed by atoms with E-state index in [4.69, 9.17) is 27.9 Å². The molecule has 0 fully saturated rings. The molecule has 116 valence electrons. The fourth-order valence-corrected chi connectivity index (χ4v) is 1.74. The van der Waals surface area contributed by atoms with E-state index in [0.717, 1.165) is 11.3 Å². The van der Waals surface area contributed by atoms with Crippen LogP contribution < -0.4 is 15.4 Å². The molecule has 0 heterocycles. The molecule has 2 N–H and O–H groups in total. The largest absolute Gasteiger partial charge is 0.494 e. The summed E-state index contributed by atoms with van der Waals surface area (Å²) in [5.74, 6) is 0.182. The number of nitrogens with one attached hydrogen (secondary N) is 2. The number of hydrogen-bond acceptors (Lipinski definition) is 3. The van der Waals surface area contributed by atoms with Crippen molar-refractivity contribution in [2.24, 2.45) is 0 Å². The van der Waals surface area contributed by atoms with Crippen molar-refractivity contribution in [1.82, 2.24) is 10.6 Å². The molecule has 1 aromatic carbocycles. The highest BCUT2D eigenvalue weighted by Gasteiger charge is 2.10. The van der Waals surface area contributed by atoms with E-state index < -0.39 is 10.7 Å². The molecular formula is C14H18Cl2N2O3. The van der Waals surface area contributed by atoms with Crippen molar-refractivity contribution < 1.29 is 14.3 Å². The van der Waals surface area contributed by atoms with Crippen LogP contribution in [0.3, 0.4) is 0 Å². The summed E-state index contributed by atoms with van der Waals surface area (Å²) in [6.07, 6.45) is 0.272. The van der Waals surface area contributed by atoms with Crippen LogP contribution in [-0.4, -0.2) is 36.3 Å². The Morgan fingerprint density at radius 2 is 1.76 bits per heavy atom. The lowest BCUT2D eigenvalue weighted by Gasteiger charge is -2.08. The summed E-state index contributed by atoms with van der Waals surface area (Å²) in [5, 5.41) is 5.18. The Morgan fingerprint density at radius 1 is 1.14 bits per heavy atom. The Hall–Kier alpha value is -1.46. The highest BCUT2D eigenvalue weighted by molar-refractivity contribution is 6.53. The van der Waals surface area contributed by atoms with Gasteiger partial charge >= 0.3 is 0 Å². The number of carbonyl (C=O) groups excluding carboxylic acids is 2. The van der Waals surface area contributed by atoms with Crippen molar-refractivity contribution in [3.8, 4) is 5.75 Å². The zero-order chi connectivity index (χ0) is 15.7. The molecule has 1 aromatic rings. The number of benzene rings is 1. The third-order valence-electron chi connectivity index (χ3n) is 2.54. The molecule has 0 unspecified atom stereocenters. The molecule has 0 saturated heterocycles. The average Bonchev–Trinajstić information content (AvgIpc) is 2.45. The number of alkyl halides is 2. The van der Waals surface area contributed by atoms with Crippen LogP contribution in [0.1, 0.15) is 12.5 Å². The third kappa shape index (κ3) is 7.20. The predicted molar refractivity (Wildman–Crippen MR) is 82.8 cm³/mol. The van der Waals surface area contributed by atoms with E-state index in [1.54, 1.807) is 0 Å². The molecule has 0 spiro atoms. The van der Waals surface area contributed by atoms with Crippen molar-refractivity contribution >= 4 is 35.0 Å². The Kier molecular flexibility index (Phi) is 7.93. The van der Waals surface area contributed by atoms with Crippen LogP contribution in [0.4, 0.5) is 0 Å². The topological polar surface area (TPSA) is 67.4 Å². The highest BCUT2D eigenvalue weighted by atomic mass is 35.5. The molecule has 5 nitrogen and oxygen atoms in total. The van der Waals surface area contributed by atoms with E-state index in [9.17, 15) is 9.59 Å². The second-order valence-corrected chi connectivity index (χ2v) is 5.29. The molecule has 0 aromatic heterocycles. The maximum atomic E-state index is 11.7. The minimum Gasteiger partial charge on any atom is -0.494 e. The van der Waals surface area contributed by atoms with Crippen LogP contribution in [0.5, 0.6) is 5.75 Å². The smallest absolute Gasteiger partial charge is 0.253 e. The molecule has 0 saturated carbocycles. The summed E-state index contributed by atoms with van der Waals surface area (Å²) in [7, 11) is 0. The van der Waals surface area contributed by atoms with Crippen LogP contribution >= 0.6 is 23.2 Å². The molecule has 1 rings (SSSR count). The number of halogens is 2. The zero-order valence-corrected chi connectivity index (χ0v) is 13.2. The van der Waals surface area contributed by atoms with E-state index in [1.807, 2.05) is 31.2 Å². The first kappa shape index (κ1) is 17.6. The summed E-state index contributed by atoms with van der Waals surface area (Å²) in [6, 6.07) is 7.34. The van der Waals surface area contributed by atoms with Gasteiger partial charge < -0.3 is 15.4 Å². The van der Waals surface area contributed by atoms with Gasteiger partial charge in [0.2, 0.25) is 5.91 Å². The molecule has 0 aliphatic carbocycles. The predicted octanol–water partition coefficient (Wildman–Crippen LogP) is 1.66. The van der Waals surface area contributed by atoms with Gasteiger partial charge in [-0.1, -0.05) is 35.3 Å². The van der Waals surface area contributed by atoms with Crippen LogP contribution in [0.15, 0.2) is 24.3 Å². The van der Waals surface area contributed by atoms with E-state index in [-0.39, 0.29) is 18.9 Å². The first-order chi connectivity index (χ1) is 10.0. The Labute approximate surface area is 133 Å². The summed E-state index contributed by atoms with van der Waals surface area (Å²) in [6.45, 7) is 3.12. The second kappa shape index (κ2) is 9.47. The summed E-state index contributed by atoms with van der Waals surface area (Å²) >= 11 is 10.7. The SMILES string of the molecule is CCOc1ccc(CC(=O)NCCNC(=O)C(Cl)Cl)cc1. The molecule has 0 aliphatic rings. The van der Waals surface area contributed by atoms with Crippen molar-refractivity contribution in [3.05, 3.63) is 29.8 Å². The van der Waals surface area contributed by atoms with Gasteiger partial charge in [-0.05, 0) is 24.6 Å². The van der Waals surface area contributed by atoms with E-state index in [0.29, 0.717) is 13.2 Å². The summed E-state index contributed by atoms with van der Waals surface area (Å²) in [4.78, 5) is 21.7. The Morgan fingerprint density at radius 3 is 2.33 bits per heavy atom. The molecule has 0 aliphatic heterocycles. The lowest BCUT2D eigenvalue weighted by molar-refractivity contribution is -0.121. The van der Waals surface area contributed by atoms with Crippen LogP contribution in [0, 0.1) is 0 Å². The highest BCUT2D eigenvalue weighted by Crippen LogP contribution is 2.12. The van der Waals surface area contributed by atoms with Gasteiger partial charge in [0, 0.05) is 13.1 Å². The first-order valence-corrected chi connectivity index (χ1v) is 7.44. The van der Waals surface area contributed by atoms with Gasteiger partial charge in [-0.25, -0.2) is 0 Å². The van der Waals surface area contributed by atoms with Crippen LogP contribution in [0.2, 0.25) is 0 Å². The maximum Gasteiger partial charge on any atom is 0.253 e. The van der Waals surface area contributed by atoms with Gasteiger partial charge in [-0.2, -0.15) is 0 Å². The minimum absolute atomic E-state index is 0.123. The molecule has 21 heavy (non-hydrogen) atoms. The van der Waals surface area contributed by atoms with Crippen LogP contribution in [-0.2, 0) is 16.0 Å². The zero-order valence-electron chi connectivity index (χ0n) is 11.7. The molecule has 0 atom stereocenters. The number of hydrogen-bond donors (Lipinski definition) is 2. The normalized spacial score (nSPS) is 10.3. The van der Waals surface area contributed by atoms with E-state index >= 15 is 0 Å². The Bertz CT molecular complexity index is 464. The fourth-order valence-electron chi connectivity index (χ4n) is 1.58. The molecule has 2 amide bonds. The number of amides is 2. The monoisotopic (exact) mass is 332 g/mol. The summed E-state index contributed by atoms with van der Waals surface area (Å²) < 4.78 is 5.32. The second-order valence-electron chi connectivity index (χ2n) is 4.20. The van der Waals surface area contributed by atoms with Gasteiger partial charge in [-0.3, -0.25) is 9.59 Å².